The van der Waals surface area contributed by atoms with Crippen LogP contribution in [0.4, 0.5) is 0 Å². The van der Waals surface area contributed by atoms with Crippen LogP contribution < -0.4 is 4.74 Å². The van der Waals surface area contributed by atoms with Crippen LogP contribution in [-0.2, 0) is 4.74 Å². The Hall–Kier alpha value is -1.88. The van der Waals surface area contributed by atoms with Gasteiger partial charge >= 0.3 is 5.97 Å². The summed E-state index contributed by atoms with van der Waals surface area (Å²) in [5.41, 5.74) is 1.18. The van der Waals surface area contributed by atoms with E-state index in [0.717, 1.165) is 0 Å². The zero-order chi connectivity index (χ0) is 12.6. The van der Waals surface area contributed by atoms with Crippen LogP contribution in [0.25, 0.3) is 0 Å². The molecule has 2 rings (SSSR count). The summed E-state index contributed by atoms with van der Waals surface area (Å²) in [4.78, 5) is 13.4. The molecule has 5 heteroatoms. The summed E-state index contributed by atoms with van der Waals surface area (Å²) < 4.78 is 10.3. The zero-order valence-corrected chi connectivity index (χ0v) is 9.98. The van der Waals surface area contributed by atoms with Crippen LogP contribution in [0.3, 0.4) is 0 Å². The molecular formula is C12H14N2O3. The minimum Gasteiger partial charge on any atom is -0.469 e. The van der Waals surface area contributed by atoms with Gasteiger partial charge in [0.15, 0.2) is 6.23 Å². The Morgan fingerprint density at radius 3 is 2.76 bits per heavy atom. The summed E-state index contributed by atoms with van der Waals surface area (Å²) in [5, 5.41) is 8.05. The Balaban J connectivity index is 2.49. The second-order valence-corrected chi connectivity index (χ2v) is 4.02. The van der Waals surface area contributed by atoms with Crippen molar-refractivity contribution in [2.75, 3.05) is 21.2 Å². The van der Waals surface area contributed by atoms with E-state index < -0.39 is 12.2 Å². The van der Waals surface area contributed by atoms with Gasteiger partial charge < -0.3 is 9.47 Å². The molecule has 1 aliphatic heterocycles. The van der Waals surface area contributed by atoms with Crippen LogP contribution in [0.15, 0.2) is 18.2 Å². The van der Waals surface area contributed by atoms with Crippen molar-refractivity contribution in [1.29, 1.82) is 5.41 Å². The molecule has 0 amide bonds. The average Bonchev–Trinajstić information content (AvgIpc) is 2.66. The Bertz CT molecular complexity index is 483. The van der Waals surface area contributed by atoms with Gasteiger partial charge in [0.05, 0.1) is 23.9 Å². The molecule has 0 bridgehead atoms. The molecule has 1 heterocycles. The highest BCUT2D eigenvalue weighted by atomic mass is 16.5. The first-order chi connectivity index (χ1) is 8.06. The first-order valence-electron chi connectivity index (χ1n) is 5.19. The Labute approximate surface area is 99.4 Å². The molecule has 5 nitrogen and oxygen atoms in total. The molecule has 90 valence electrons. The first kappa shape index (κ1) is 11.6. The lowest BCUT2D eigenvalue weighted by Gasteiger charge is -2.18. The standard InChI is InChI=1S/C12H14N2O3/c1-14(2)11-10(13)9-7(12(15)16-3)5-4-6-8(9)17-11/h4-6,11,13H,1-3H3. The van der Waals surface area contributed by atoms with E-state index in [1.54, 1.807) is 23.1 Å². The monoisotopic (exact) mass is 234 g/mol. The minimum absolute atomic E-state index is 0.283. The lowest BCUT2D eigenvalue weighted by molar-refractivity contribution is 0.0600. The summed E-state index contributed by atoms with van der Waals surface area (Å²) in [7, 11) is 4.97. The van der Waals surface area contributed by atoms with Crippen LogP contribution in [0.2, 0.25) is 0 Å². The molecule has 0 aromatic heterocycles. The van der Waals surface area contributed by atoms with Crippen molar-refractivity contribution < 1.29 is 14.3 Å². The van der Waals surface area contributed by atoms with Crippen LogP contribution in [0, 0.1) is 5.41 Å². The fraction of sp³-hybridized carbons (Fsp3) is 0.333. The highest BCUT2D eigenvalue weighted by Crippen LogP contribution is 2.32. The maximum absolute atomic E-state index is 11.6. The van der Waals surface area contributed by atoms with E-state index in [2.05, 4.69) is 0 Å². The molecule has 17 heavy (non-hydrogen) atoms. The van der Waals surface area contributed by atoms with Crippen molar-refractivity contribution in [2.45, 2.75) is 6.23 Å². The molecule has 0 saturated carbocycles. The number of nitrogens with zero attached hydrogens (tertiary/aromatic N) is 1. The Morgan fingerprint density at radius 1 is 1.47 bits per heavy atom. The van der Waals surface area contributed by atoms with E-state index in [1.807, 2.05) is 14.1 Å². The molecule has 1 aliphatic rings. The number of ether oxygens (including phenoxy) is 2. The Morgan fingerprint density at radius 2 is 2.18 bits per heavy atom. The third-order valence-corrected chi connectivity index (χ3v) is 2.66. The highest BCUT2D eigenvalue weighted by molar-refractivity contribution is 6.13. The first-order valence-corrected chi connectivity index (χ1v) is 5.19. The quantitative estimate of drug-likeness (QED) is 0.779. The lowest BCUT2D eigenvalue weighted by Crippen LogP contribution is -2.36. The van der Waals surface area contributed by atoms with Crippen LogP contribution in [0.5, 0.6) is 5.75 Å². The summed E-state index contributed by atoms with van der Waals surface area (Å²) in [6.45, 7) is 0. The molecule has 1 aromatic carbocycles. The summed E-state index contributed by atoms with van der Waals surface area (Å²) >= 11 is 0. The van der Waals surface area contributed by atoms with Crippen molar-refractivity contribution in [3.8, 4) is 5.75 Å². The molecule has 0 fully saturated rings. The van der Waals surface area contributed by atoms with Gasteiger partial charge in [0.2, 0.25) is 0 Å². The number of hydrogen-bond acceptors (Lipinski definition) is 5. The van der Waals surface area contributed by atoms with E-state index in [1.165, 1.54) is 7.11 Å². The fourth-order valence-corrected chi connectivity index (χ4v) is 1.85. The molecule has 1 unspecified atom stereocenters. The van der Waals surface area contributed by atoms with Gasteiger partial charge in [-0.1, -0.05) is 6.07 Å². The maximum atomic E-state index is 11.6. The minimum atomic E-state index is -0.449. The van der Waals surface area contributed by atoms with Gasteiger partial charge in [-0.2, -0.15) is 0 Å². The summed E-state index contributed by atoms with van der Waals surface area (Å²) in [5.74, 6) is 0.103. The van der Waals surface area contributed by atoms with E-state index in [0.29, 0.717) is 16.9 Å². The lowest BCUT2D eigenvalue weighted by atomic mass is 10.0. The predicted octanol–water partition coefficient (Wildman–Crippen LogP) is 1.12. The molecule has 0 saturated heterocycles. The molecule has 0 aliphatic carbocycles. The topological polar surface area (TPSA) is 62.6 Å². The van der Waals surface area contributed by atoms with Gasteiger partial charge in [0.1, 0.15) is 5.75 Å². The van der Waals surface area contributed by atoms with Crippen LogP contribution in [0.1, 0.15) is 15.9 Å². The fourth-order valence-electron chi connectivity index (χ4n) is 1.85. The summed E-state index contributed by atoms with van der Waals surface area (Å²) in [6.07, 6.45) is -0.448. The number of nitrogens with one attached hydrogen (secondary N) is 1. The number of hydrogen-bond donors (Lipinski definition) is 1. The number of rotatable bonds is 2. The van der Waals surface area contributed by atoms with E-state index >= 15 is 0 Å². The van der Waals surface area contributed by atoms with Gasteiger partial charge in [-0.25, -0.2) is 4.79 Å². The smallest absolute Gasteiger partial charge is 0.338 e. The van der Waals surface area contributed by atoms with Crippen LogP contribution in [-0.4, -0.2) is 44.0 Å². The molecule has 1 N–H and O–H groups in total. The summed E-state index contributed by atoms with van der Waals surface area (Å²) in [6, 6.07) is 5.11. The Kier molecular flexibility index (Phi) is 2.85. The molecule has 0 spiro atoms. The number of carbonyl (C=O) groups excluding carboxylic acids is 1. The number of methoxy groups -OCH3 is 1. The number of benzene rings is 1. The van der Waals surface area contributed by atoms with Gasteiger partial charge in [-0.3, -0.25) is 10.3 Å². The van der Waals surface area contributed by atoms with Gasteiger partial charge in [0, 0.05) is 0 Å². The second kappa shape index (κ2) is 4.18. The molecule has 1 atom stereocenters. The largest absolute Gasteiger partial charge is 0.469 e. The van der Waals surface area contributed by atoms with Crippen molar-refractivity contribution >= 4 is 11.7 Å². The van der Waals surface area contributed by atoms with Crippen molar-refractivity contribution in [2.24, 2.45) is 0 Å². The third kappa shape index (κ3) is 1.78. The van der Waals surface area contributed by atoms with Crippen molar-refractivity contribution in [3.63, 3.8) is 0 Å². The van der Waals surface area contributed by atoms with Crippen molar-refractivity contribution in [1.82, 2.24) is 4.90 Å². The molecule has 1 aromatic rings. The van der Waals surface area contributed by atoms with Gasteiger partial charge in [0.25, 0.3) is 0 Å². The number of likely N-dealkylation sites (N-methyl/N-ethyl adjacent to an activating group) is 1. The van der Waals surface area contributed by atoms with Gasteiger partial charge in [-0.15, -0.1) is 0 Å². The average molecular weight is 234 g/mol. The number of esters is 1. The molecule has 0 radical (unpaired) electrons. The SMILES string of the molecule is COC(=O)c1cccc2c1C(=N)C(N(C)C)O2. The zero-order valence-electron chi connectivity index (χ0n) is 9.98. The third-order valence-electron chi connectivity index (χ3n) is 2.66. The predicted molar refractivity (Wildman–Crippen MR) is 62.7 cm³/mol. The number of fused-ring (bicyclic) bond motifs is 1. The number of carbonyl (C=O) groups is 1. The molecular weight excluding hydrogens is 220 g/mol. The van der Waals surface area contributed by atoms with Crippen molar-refractivity contribution in [3.05, 3.63) is 29.3 Å². The maximum Gasteiger partial charge on any atom is 0.338 e. The van der Waals surface area contributed by atoms with E-state index in [-0.39, 0.29) is 5.71 Å². The van der Waals surface area contributed by atoms with E-state index in [4.69, 9.17) is 14.9 Å². The van der Waals surface area contributed by atoms with E-state index in [9.17, 15) is 4.79 Å². The van der Waals surface area contributed by atoms with Gasteiger partial charge in [-0.05, 0) is 26.2 Å². The van der Waals surface area contributed by atoms with Crippen LogP contribution >= 0.6 is 0 Å². The normalized spacial score (nSPS) is 17.9. The second-order valence-electron chi connectivity index (χ2n) is 4.02. The highest BCUT2D eigenvalue weighted by Gasteiger charge is 2.34.